The van der Waals surface area contributed by atoms with Crippen LogP contribution in [0.1, 0.15) is 58.1 Å². The molecule has 2 aliphatic rings. The molecule has 12 heteroatoms. The third kappa shape index (κ3) is 5.07. The SMILES string of the molecule is CC(C)Cn1cc(-c2cc3nccn3c(Nc3cc([C@H]4C[C@@H](F)[C@@H](OC(=O)NC5(C)CC5)C4)[nH]n3)n2)cn1. The predicted molar refractivity (Wildman–Crippen MR) is 139 cm³/mol. The highest BCUT2D eigenvalue weighted by Gasteiger charge is 2.42. The van der Waals surface area contributed by atoms with Crippen molar-refractivity contribution in [3.63, 3.8) is 0 Å². The molecular formula is C26H32FN9O2. The third-order valence-electron chi connectivity index (χ3n) is 7.24. The summed E-state index contributed by atoms with van der Waals surface area (Å²) >= 11 is 0. The van der Waals surface area contributed by atoms with E-state index in [1.165, 1.54) is 0 Å². The molecule has 4 aromatic heterocycles. The van der Waals surface area contributed by atoms with Crippen molar-refractivity contribution >= 4 is 23.5 Å². The topological polar surface area (TPSA) is 127 Å². The van der Waals surface area contributed by atoms with Crippen molar-refractivity contribution in [2.24, 2.45) is 5.92 Å². The molecule has 0 unspecified atom stereocenters. The summed E-state index contributed by atoms with van der Waals surface area (Å²) in [6.45, 7) is 7.08. The van der Waals surface area contributed by atoms with Gasteiger partial charge in [-0.05, 0) is 38.5 Å². The van der Waals surface area contributed by atoms with E-state index >= 15 is 0 Å². The van der Waals surface area contributed by atoms with Crippen LogP contribution >= 0.6 is 0 Å². The van der Waals surface area contributed by atoms with Crippen LogP contribution < -0.4 is 10.6 Å². The summed E-state index contributed by atoms with van der Waals surface area (Å²) < 4.78 is 23.9. The molecule has 38 heavy (non-hydrogen) atoms. The summed E-state index contributed by atoms with van der Waals surface area (Å²) in [5.74, 6) is 1.44. The van der Waals surface area contributed by atoms with Crippen molar-refractivity contribution in [1.82, 2.24) is 39.7 Å². The molecule has 0 radical (unpaired) electrons. The van der Waals surface area contributed by atoms with E-state index in [0.717, 1.165) is 42.0 Å². The smallest absolute Gasteiger partial charge is 0.407 e. The number of carbonyl (C=O) groups excluding carboxylic acids is 1. The number of H-pyrrole nitrogens is 1. The maximum atomic E-state index is 14.7. The number of aromatic nitrogens is 7. The molecule has 4 aromatic rings. The highest BCUT2D eigenvalue weighted by molar-refractivity contribution is 5.69. The number of halogens is 1. The fraction of sp³-hybridized carbons (Fsp3) is 0.500. The van der Waals surface area contributed by atoms with Gasteiger partial charge in [0.05, 0.1) is 11.9 Å². The Kier molecular flexibility index (Phi) is 6.04. The van der Waals surface area contributed by atoms with Gasteiger partial charge in [-0.25, -0.2) is 19.2 Å². The highest BCUT2D eigenvalue weighted by atomic mass is 19.1. The molecule has 2 fully saturated rings. The Labute approximate surface area is 219 Å². The molecule has 11 nitrogen and oxygen atoms in total. The van der Waals surface area contributed by atoms with E-state index in [4.69, 9.17) is 9.72 Å². The number of amides is 1. The van der Waals surface area contributed by atoms with Crippen LogP contribution in [0.3, 0.4) is 0 Å². The first-order valence-electron chi connectivity index (χ1n) is 13.1. The number of rotatable bonds is 8. The number of hydrogen-bond donors (Lipinski definition) is 3. The predicted octanol–water partition coefficient (Wildman–Crippen LogP) is 4.58. The van der Waals surface area contributed by atoms with Crippen molar-refractivity contribution in [2.45, 2.75) is 76.7 Å². The largest absolute Gasteiger partial charge is 0.443 e. The molecule has 0 saturated heterocycles. The minimum absolute atomic E-state index is 0.137. The summed E-state index contributed by atoms with van der Waals surface area (Å²) in [6.07, 6.45) is 7.27. The summed E-state index contributed by atoms with van der Waals surface area (Å²) in [5.41, 5.74) is 2.95. The number of anilines is 2. The molecule has 0 aliphatic heterocycles. The zero-order valence-electron chi connectivity index (χ0n) is 21.7. The minimum Gasteiger partial charge on any atom is -0.443 e. The monoisotopic (exact) mass is 521 g/mol. The van der Waals surface area contributed by atoms with Crippen LogP contribution in [0.25, 0.3) is 16.9 Å². The second-order valence-electron chi connectivity index (χ2n) is 11.1. The van der Waals surface area contributed by atoms with Crippen LogP contribution in [0.4, 0.5) is 21.0 Å². The van der Waals surface area contributed by atoms with Crippen molar-refractivity contribution in [1.29, 1.82) is 0 Å². The van der Waals surface area contributed by atoms with Crippen molar-refractivity contribution < 1.29 is 13.9 Å². The first-order chi connectivity index (χ1) is 18.2. The Morgan fingerprint density at radius 3 is 2.95 bits per heavy atom. The van der Waals surface area contributed by atoms with Crippen LogP contribution in [0.2, 0.25) is 0 Å². The lowest BCUT2D eigenvalue weighted by Crippen LogP contribution is -2.38. The number of fused-ring (bicyclic) bond motifs is 1. The fourth-order valence-corrected chi connectivity index (χ4v) is 4.90. The van der Waals surface area contributed by atoms with Crippen molar-refractivity contribution in [3.8, 4) is 11.3 Å². The molecule has 1 amide bonds. The first kappa shape index (κ1) is 24.4. The molecule has 4 heterocycles. The number of alkyl halides is 1. The lowest BCUT2D eigenvalue weighted by molar-refractivity contribution is 0.0583. The molecule has 0 aromatic carbocycles. The van der Waals surface area contributed by atoms with E-state index in [1.54, 1.807) is 12.4 Å². The van der Waals surface area contributed by atoms with Gasteiger partial charge >= 0.3 is 6.09 Å². The number of ether oxygens (including phenoxy) is 1. The number of imidazole rings is 1. The van der Waals surface area contributed by atoms with Crippen LogP contribution in [-0.2, 0) is 11.3 Å². The normalized spacial score (nSPS) is 22.2. The molecule has 0 bridgehead atoms. The fourth-order valence-electron chi connectivity index (χ4n) is 4.90. The summed E-state index contributed by atoms with van der Waals surface area (Å²) in [7, 11) is 0. The van der Waals surface area contributed by atoms with Gasteiger partial charge in [-0.15, -0.1) is 0 Å². The van der Waals surface area contributed by atoms with E-state index in [9.17, 15) is 9.18 Å². The maximum Gasteiger partial charge on any atom is 0.407 e. The van der Waals surface area contributed by atoms with Crippen LogP contribution in [-0.4, -0.2) is 58.3 Å². The summed E-state index contributed by atoms with van der Waals surface area (Å²) in [4.78, 5) is 21.4. The molecule has 2 aliphatic carbocycles. The van der Waals surface area contributed by atoms with Gasteiger partial charge in [0.15, 0.2) is 5.82 Å². The standard InChI is InChI=1S/C26H32FN9O2/c1-15(2)13-35-14-17(12-29-35)19-11-23-28-6-7-36(23)24(30-19)31-22-10-20(33-34-22)16-8-18(27)21(9-16)38-25(37)32-26(3)4-5-26/h6-7,10-12,14-16,18,21H,4-5,8-9,13H2,1-3H3,(H,32,37)(H2,30,31,33,34)/t16-,18+,21-/m0/s1. The zero-order chi connectivity index (χ0) is 26.4. The average Bonchev–Trinajstić information content (AvgIpc) is 3.39. The van der Waals surface area contributed by atoms with Crippen molar-refractivity contribution in [2.75, 3.05) is 5.32 Å². The molecule has 3 atom stereocenters. The Hall–Kier alpha value is -3.96. The van der Waals surface area contributed by atoms with Gasteiger partial charge < -0.3 is 15.4 Å². The van der Waals surface area contributed by atoms with Crippen LogP contribution in [0.5, 0.6) is 0 Å². The summed E-state index contributed by atoms with van der Waals surface area (Å²) in [6, 6.07) is 3.76. The number of carbonyl (C=O) groups is 1. The molecule has 0 spiro atoms. The third-order valence-corrected chi connectivity index (χ3v) is 7.24. The highest BCUT2D eigenvalue weighted by Crippen LogP contribution is 2.39. The summed E-state index contributed by atoms with van der Waals surface area (Å²) in [5, 5.41) is 18.0. The Morgan fingerprint density at radius 1 is 1.32 bits per heavy atom. The molecule has 2 saturated carbocycles. The first-order valence-corrected chi connectivity index (χ1v) is 13.1. The van der Waals surface area contributed by atoms with Crippen molar-refractivity contribution in [3.05, 3.63) is 42.6 Å². The Morgan fingerprint density at radius 2 is 2.16 bits per heavy atom. The number of alkyl carbamates (subject to hydrolysis) is 1. The van der Waals surface area contributed by atoms with Gasteiger partial charge in [-0.3, -0.25) is 14.2 Å². The zero-order valence-corrected chi connectivity index (χ0v) is 21.7. The van der Waals surface area contributed by atoms with E-state index in [2.05, 4.69) is 44.8 Å². The molecule has 3 N–H and O–H groups in total. The Bertz CT molecular complexity index is 1450. The number of nitrogens with zero attached hydrogens (tertiary/aromatic N) is 6. The second kappa shape index (κ2) is 9.41. The maximum absolute atomic E-state index is 14.7. The lowest BCUT2D eigenvalue weighted by Gasteiger charge is -2.17. The van der Waals surface area contributed by atoms with E-state index in [0.29, 0.717) is 24.1 Å². The number of hydrogen-bond acceptors (Lipinski definition) is 7. The molecular weight excluding hydrogens is 489 g/mol. The van der Waals surface area contributed by atoms with Gasteiger partial charge in [-0.1, -0.05) is 13.8 Å². The van der Waals surface area contributed by atoms with Gasteiger partial charge in [0.1, 0.15) is 17.9 Å². The minimum atomic E-state index is -1.22. The van der Waals surface area contributed by atoms with Gasteiger partial charge in [0, 0.05) is 60.0 Å². The van der Waals surface area contributed by atoms with Gasteiger partial charge in [0.2, 0.25) is 5.95 Å². The van der Waals surface area contributed by atoms with Crippen LogP contribution in [0, 0.1) is 5.92 Å². The lowest BCUT2D eigenvalue weighted by atomic mass is 10.0. The van der Waals surface area contributed by atoms with Gasteiger partial charge in [-0.2, -0.15) is 10.2 Å². The quantitative estimate of drug-likeness (QED) is 0.310. The van der Waals surface area contributed by atoms with Crippen LogP contribution in [0.15, 0.2) is 36.9 Å². The molecule has 6 rings (SSSR count). The van der Waals surface area contributed by atoms with E-state index in [-0.39, 0.29) is 17.9 Å². The number of aromatic amines is 1. The van der Waals surface area contributed by atoms with Gasteiger partial charge in [0.25, 0.3) is 0 Å². The number of nitrogens with one attached hydrogen (secondary N) is 3. The van der Waals surface area contributed by atoms with E-state index < -0.39 is 18.4 Å². The Balaban J connectivity index is 1.16. The second-order valence-corrected chi connectivity index (χ2v) is 11.1. The average molecular weight is 522 g/mol. The van der Waals surface area contributed by atoms with E-state index in [1.807, 2.05) is 40.5 Å². The molecule has 200 valence electrons.